The lowest BCUT2D eigenvalue weighted by atomic mass is 10.1. The molecular formula is C22H19ClN2O4. The van der Waals surface area contributed by atoms with Crippen molar-refractivity contribution >= 4 is 34.8 Å². The molecule has 0 spiro atoms. The van der Waals surface area contributed by atoms with E-state index in [0.29, 0.717) is 16.9 Å². The van der Waals surface area contributed by atoms with E-state index in [-0.39, 0.29) is 29.7 Å². The summed E-state index contributed by atoms with van der Waals surface area (Å²) in [6.07, 6.45) is 0. The van der Waals surface area contributed by atoms with Crippen LogP contribution in [-0.4, -0.2) is 22.0 Å². The van der Waals surface area contributed by atoms with Crippen molar-refractivity contribution in [3.63, 3.8) is 0 Å². The number of benzene rings is 3. The van der Waals surface area contributed by atoms with Crippen molar-refractivity contribution in [1.82, 2.24) is 0 Å². The molecule has 3 aromatic rings. The maximum Gasteiger partial charge on any atom is 0.257 e. The van der Waals surface area contributed by atoms with E-state index >= 15 is 0 Å². The van der Waals surface area contributed by atoms with Gasteiger partial charge in [0.2, 0.25) is 0 Å². The van der Waals surface area contributed by atoms with E-state index in [0.717, 1.165) is 11.1 Å². The third-order valence-corrected chi connectivity index (χ3v) is 4.58. The minimum atomic E-state index is -0.404. The van der Waals surface area contributed by atoms with Crippen LogP contribution in [0.15, 0.2) is 66.7 Å². The highest BCUT2D eigenvalue weighted by Crippen LogP contribution is 2.21. The Morgan fingerprint density at radius 3 is 1.66 bits per heavy atom. The van der Waals surface area contributed by atoms with Crippen molar-refractivity contribution in [1.29, 1.82) is 0 Å². The number of rotatable bonds is 6. The topological polar surface area (TPSA) is 98.7 Å². The summed E-state index contributed by atoms with van der Waals surface area (Å²) in [4.78, 5) is 24.9. The Balaban J connectivity index is 1.69. The van der Waals surface area contributed by atoms with Crippen LogP contribution in [0.25, 0.3) is 0 Å². The van der Waals surface area contributed by atoms with Crippen LogP contribution < -0.4 is 10.6 Å². The summed E-state index contributed by atoms with van der Waals surface area (Å²) in [6, 6.07) is 18.0. The van der Waals surface area contributed by atoms with Crippen molar-refractivity contribution in [3.8, 4) is 0 Å². The van der Waals surface area contributed by atoms with Crippen LogP contribution in [-0.2, 0) is 13.2 Å². The maximum absolute atomic E-state index is 12.5. The predicted molar refractivity (Wildman–Crippen MR) is 112 cm³/mol. The lowest BCUT2D eigenvalue weighted by Crippen LogP contribution is -2.15. The Kier molecular flexibility index (Phi) is 6.61. The fraction of sp³-hybridized carbons (Fsp3) is 0.0909. The van der Waals surface area contributed by atoms with E-state index in [9.17, 15) is 9.59 Å². The van der Waals surface area contributed by atoms with Crippen LogP contribution in [0.2, 0.25) is 5.02 Å². The minimum absolute atomic E-state index is 0.0705. The molecule has 0 bridgehead atoms. The van der Waals surface area contributed by atoms with Gasteiger partial charge in [0.15, 0.2) is 0 Å². The van der Waals surface area contributed by atoms with Crippen LogP contribution in [0.1, 0.15) is 31.8 Å². The summed E-state index contributed by atoms with van der Waals surface area (Å²) in [5.74, 6) is -0.770. The third-order valence-electron chi connectivity index (χ3n) is 4.26. The first kappa shape index (κ1) is 20.5. The molecule has 148 valence electrons. The third kappa shape index (κ3) is 5.20. The summed E-state index contributed by atoms with van der Waals surface area (Å²) in [7, 11) is 0. The predicted octanol–water partition coefficient (Wildman–Crippen LogP) is 3.83. The highest BCUT2D eigenvalue weighted by atomic mass is 35.5. The minimum Gasteiger partial charge on any atom is -0.392 e. The molecule has 7 heteroatoms. The summed E-state index contributed by atoms with van der Waals surface area (Å²) < 4.78 is 0. The second-order valence-corrected chi connectivity index (χ2v) is 6.72. The lowest BCUT2D eigenvalue weighted by molar-refractivity contribution is 0.101. The van der Waals surface area contributed by atoms with Crippen molar-refractivity contribution < 1.29 is 19.8 Å². The molecule has 0 unspecified atom stereocenters. The van der Waals surface area contributed by atoms with Gasteiger partial charge in [-0.1, -0.05) is 35.9 Å². The molecule has 0 saturated heterocycles. The number of amides is 2. The van der Waals surface area contributed by atoms with Gasteiger partial charge in [0, 0.05) is 16.9 Å². The average molecular weight is 411 g/mol. The Hall–Kier alpha value is -3.19. The van der Waals surface area contributed by atoms with Gasteiger partial charge in [-0.15, -0.1) is 0 Å². The summed E-state index contributed by atoms with van der Waals surface area (Å²) >= 11 is 6.22. The molecule has 0 radical (unpaired) electrons. The van der Waals surface area contributed by atoms with Crippen molar-refractivity contribution in [2.75, 3.05) is 10.6 Å². The van der Waals surface area contributed by atoms with Gasteiger partial charge in [-0.3, -0.25) is 9.59 Å². The summed E-state index contributed by atoms with van der Waals surface area (Å²) in [6.45, 7) is -0.145. The standard InChI is InChI=1S/C22H19ClN2O4/c23-20-11-16(21(28)24-17-6-1-14(12-26)2-7-17)5-10-19(20)22(29)25-18-8-3-15(13-27)4-9-18/h1-11,26-27H,12-13H2,(H,24,28)(H,25,29). The van der Waals surface area contributed by atoms with E-state index < -0.39 is 5.91 Å². The average Bonchev–Trinajstić information content (AvgIpc) is 2.74. The molecule has 0 atom stereocenters. The van der Waals surface area contributed by atoms with Gasteiger partial charge in [-0.2, -0.15) is 0 Å². The number of aliphatic hydroxyl groups excluding tert-OH is 2. The number of hydrogen-bond donors (Lipinski definition) is 4. The van der Waals surface area contributed by atoms with Crippen LogP contribution in [0.4, 0.5) is 11.4 Å². The zero-order valence-corrected chi connectivity index (χ0v) is 16.1. The Bertz CT molecular complexity index is 1020. The first-order chi connectivity index (χ1) is 14.0. The van der Waals surface area contributed by atoms with Gasteiger partial charge in [0.25, 0.3) is 11.8 Å². The number of anilines is 2. The van der Waals surface area contributed by atoms with Gasteiger partial charge in [0.1, 0.15) is 0 Å². The molecule has 3 aromatic carbocycles. The second kappa shape index (κ2) is 9.34. The van der Waals surface area contributed by atoms with E-state index in [4.69, 9.17) is 21.8 Å². The number of halogens is 1. The number of carbonyl (C=O) groups is 2. The molecule has 0 fully saturated rings. The molecule has 2 amide bonds. The second-order valence-electron chi connectivity index (χ2n) is 6.31. The van der Waals surface area contributed by atoms with E-state index in [1.807, 2.05) is 0 Å². The number of aliphatic hydroxyl groups is 2. The van der Waals surface area contributed by atoms with Crippen LogP contribution in [0.5, 0.6) is 0 Å². The Morgan fingerprint density at radius 2 is 1.21 bits per heavy atom. The van der Waals surface area contributed by atoms with E-state index in [1.54, 1.807) is 48.5 Å². The van der Waals surface area contributed by atoms with Gasteiger partial charge < -0.3 is 20.8 Å². The Labute approximate surface area is 172 Å². The first-order valence-corrected chi connectivity index (χ1v) is 9.20. The lowest BCUT2D eigenvalue weighted by Gasteiger charge is -2.10. The zero-order valence-electron chi connectivity index (χ0n) is 15.4. The van der Waals surface area contributed by atoms with Crippen LogP contribution in [0, 0.1) is 0 Å². The molecule has 4 N–H and O–H groups in total. The quantitative estimate of drug-likeness (QED) is 0.496. The largest absolute Gasteiger partial charge is 0.392 e. The van der Waals surface area contributed by atoms with Gasteiger partial charge in [-0.25, -0.2) is 0 Å². The molecule has 29 heavy (non-hydrogen) atoms. The van der Waals surface area contributed by atoms with Gasteiger partial charge in [0.05, 0.1) is 23.8 Å². The molecule has 3 rings (SSSR count). The molecule has 0 aliphatic heterocycles. The fourth-order valence-electron chi connectivity index (χ4n) is 2.63. The van der Waals surface area contributed by atoms with Crippen molar-refractivity contribution in [2.45, 2.75) is 13.2 Å². The van der Waals surface area contributed by atoms with Gasteiger partial charge in [-0.05, 0) is 53.6 Å². The number of hydrogen-bond acceptors (Lipinski definition) is 4. The molecule has 0 aromatic heterocycles. The van der Waals surface area contributed by atoms with Crippen molar-refractivity contribution in [3.05, 3.63) is 94.0 Å². The molecule has 0 aliphatic rings. The maximum atomic E-state index is 12.5. The molecule has 6 nitrogen and oxygen atoms in total. The first-order valence-electron chi connectivity index (χ1n) is 8.82. The SMILES string of the molecule is O=C(Nc1ccc(CO)cc1)c1ccc(C(=O)Nc2ccc(CO)cc2)c(Cl)c1. The normalized spacial score (nSPS) is 10.4. The summed E-state index contributed by atoms with van der Waals surface area (Å²) in [5, 5.41) is 23.7. The summed E-state index contributed by atoms with van der Waals surface area (Å²) in [5.41, 5.74) is 3.18. The van der Waals surface area contributed by atoms with E-state index in [2.05, 4.69) is 10.6 Å². The molecular weight excluding hydrogens is 392 g/mol. The molecule has 0 heterocycles. The Morgan fingerprint density at radius 1 is 0.724 bits per heavy atom. The smallest absolute Gasteiger partial charge is 0.257 e. The fourth-order valence-corrected chi connectivity index (χ4v) is 2.90. The zero-order chi connectivity index (χ0) is 20.8. The van der Waals surface area contributed by atoms with Crippen LogP contribution >= 0.6 is 11.6 Å². The van der Waals surface area contributed by atoms with Crippen LogP contribution in [0.3, 0.4) is 0 Å². The highest BCUT2D eigenvalue weighted by Gasteiger charge is 2.14. The number of carbonyl (C=O) groups excluding carboxylic acids is 2. The monoisotopic (exact) mass is 410 g/mol. The highest BCUT2D eigenvalue weighted by molar-refractivity contribution is 6.35. The van der Waals surface area contributed by atoms with Gasteiger partial charge >= 0.3 is 0 Å². The molecule has 0 saturated carbocycles. The molecule has 0 aliphatic carbocycles. The number of nitrogens with one attached hydrogen (secondary N) is 2. The van der Waals surface area contributed by atoms with Crippen molar-refractivity contribution in [2.24, 2.45) is 0 Å². The van der Waals surface area contributed by atoms with E-state index in [1.165, 1.54) is 18.2 Å².